The summed E-state index contributed by atoms with van der Waals surface area (Å²) >= 11 is 5.57. The predicted molar refractivity (Wildman–Crippen MR) is 58.0 cm³/mol. The van der Waals surface area contributed by atoms with Gasteiger partial charge >= 0.3 is 5.97 Å². The number of hydrogen-bond acceptors (Lipinski definition) is 5. The lowest BCUT2D eigenvalue weighted by atomic mass is 10.3. The number of aliphatic carboxylic acids is 1. The van der Waals surface area contributed by atoms with Crippen LogP contribution in [0.3, 0.4) is 0 Å². The van der Waals surface area contributed by atoms with Crippen LogP contribution < -0.4 is 0 Å². The SMILES string of the molecule is CC(O)(OS(=O)(=O)c1ccc(Cl)cc1)C(=O)O. The van der Waals surface area contributed by atoms with E-state index in [9.17, 15) is 18.3 Å². The lowest BCUT2D eigenvalue weighted by Crippen LogP contribution is -2.39. The number of carbonyl (C=O) groups is 1. The van der Waals surface area contributed by atoms with Crippen molar-refractivity contribution in [3.05, 3.63) is 29.3 Å². The molecule has 1 aromatic rings. The zero-order valence-corrected chi connectivity index (χ0v) is 10.2. The van der Waals surface area contributed by atoms with Crippen LogP contribution in [0.5, 0.6) is 0 Å². The first-order valence-corrected chi connectivity index (χ1v) is 6.11. The van der Waals surface area contributed by atoms with Crippen molar-refractivity contribution in [3.63, 3.8) is 0 Å². The van der Waals surface area contributed by atoms with E-state index in [0.29, 0.717) is 11.9 Å². The summed E-state index contributed by atoms with van der Waals surface area (Å²) in [5.41, 5.74) is 0. The lowest BCUT2D eigenvalue weighted by Gasteiger charge is -2.17. The lowest BCUT2D eigenvalue weighted by molar-refractivity contribution is -0.187. The van der Waals surface area contributed by atoms with Crippen molar-refractivity contribution in [2.45, 2.75) is 17.6 Å². The Bertz CT molecular complexity index is 519. The van der Waals surface area contributed by atoms with E-state index in [1.54, 1.807) is 0 Å². The number of carboxylic acids is 1. The molecule has 1 aromatic carbocycles. The van der Waals surface area contributed by atoms with E-state index in [1.807, 2.05) is 0 Å². The van der Waals surface area contributed by atoms with Crippen LogP contribution in [-0.4, -0.2) is 30.4 Å². The molecule has 0 fully saturated rings. The van der Waals surface area contributed by atoms with Crippen molar-refractivity contribution < 1.29 is 27.6 Å². The van der Waals surface area contributed by atoms with E-state index in [2.05, 4.69) is 4.18 Å². The number of carboxylic acid groups (broad SMARTS) is 1. The minimum atomic E-state index is -4.37. The van der Waals surface area contributed by atoms with Crippen molar-refractivity contribution in [2.75, 3.05) is 0 Å². The quantitative estimate of drug-likeness (QED) is 0.626. The molecule has 0 spiro atoms. The van der Waals surface area contributed by atoms with Gasteiger partial charge in [0.25, 0.3) is 15.9 Å². The fraction of sp³-hybridized carbons (Fsp3) is 0.222. The van der Waals surface area contributed by atoms with Crippen LogP contribution in [0.4, 0.5) is 0 Å². The van der Waals surface area contributed by atoms with Gasteiger partial charge in [-0.15, -0.1) is 0 Å². The highest BCUT2D eigenvalue weighted by Crippen LogP contribution is 2.20. The van der Waals surface area contributed by atoms with E-state index in [-0.39, 0.29) is 4.90 Å². The monoisotopic (exact) mass is 280 g/mol. The fourth-order valence-electron chi connectivity index (χ4n) is 0.899. The molecule has 0 aliphatic heterocycles. The minimum Gasteiger partial charge on any atom is -0.477 e. The molecular formula is C9H9ClO6S. The van der Waals surface area contributed by atoms with Crippen LogP contribution in [0.1, 0.15) is 6.92 Å². The topological polar surface area (TPSA) is 101 Å². The van der Waals surface area contributed by atoms with Crippen molar-refractivity contribution >= 4 is 27.7 Å². The van der Waals surface area contributed by atoms with Crippen molar-refractivity contribution in [1.29, 1.82) is 0 Å². The van der Waals surface area contributed by atoms with E-state index < -0.39 is 21.9 Å². The van der Waals surface area contributed by atoms with E-state index >= 15 is 0 Å². The summed E-state index contributed by atoms with van der Waals surface area (Å²) in [6.07, 6.45) is 0. The predicted octanol–water partition coefficient (Wildman–Crippen LogP) is 0.838. The molecule has 0 aliphatic carbocycles. The zero-order chi connectivity index (χ0) is 13.3. The Morgan fingerprint density at radius 1 is 1.35 bits per heavy atom. The first-order chi connectivity index (χ1) is 7.65. The number of benzene rings is 1. The van der Waals surface area contributed by atoms with Gasteiger partial charge in [-0.05, 0) is 24.3 Å². The van der Waals surface area contributed by atoms with Crippen molar-refractivity contribution in [2.24, 2.45) is 0 Å². The standard InChI is InChI=1S/C9H9ClO6S/c1-9(13,8(11)12)16-17(14,15)7-4-2-6(10)3-5-7/h2-5,13H,1H3,(H,11,12). The second kappa shape index (κ2) is 4.61. The highest BCUT2D eigenvalue weighted by atomic mass is 35.5. The van der Waals surface area contributed by atoms with Gasteiger partial charge < -0.3 is 10.2 Å². The van der Waals surface area contributed by atoms with E-state index in [0.717, 1.165) is 12.1 Å². The fourth-order valence-corrected chi connectivity index (χ4v) is 2.09. The van der Waals surface area contributed by atoms with Gasteiger partial charge in [-0.3, -0.25) is 0 Å². The highest BCUT2D eigenvalue weighted by molar-refractivity contribution is 7.86. The van der Waals surface area contributed by atoms with Gasteiger partial charge in [0, 0.05) is 11.9 Å². The molecule has 1 rings (SSSR count). The van der Waals surface area contributed by atoms with Crippen LogP contribution in [0.2, 0.25) is 5.02 Å². The third-order valence-corrected chi connectivity index (χ3v) is 3.42. The maximum Gasteiger partial charge on any atom is 0.365 e. The summed E-state index contributed by atoms with van der Waals surface area (Å²) in [5, 5.41) is 18.1. The smallest absolute Gasteiger partial charge is 0.365 e. The number of hydrogen-bond donors (Lipinski definition) is 2. The molecule has 0 aliphatic rings. The summed E-state index contributed by atoms with van der Waals surface area (Å²) in [6.45, 7) is 0.711. The minimum absolute atomic E-state index is 0.302. The Kier molecular flexibility index (Phi) is 3.78. The van der Waals surface area contributed by atoms with Crippen LogP contribution >= 0.6 is 11.6 Å². The molecule has 0 saturated carbocycles. The van der Waals surface area contributed by atoms with Gasteiger partial charge in [0.15, 0.2) is 0 Å². The number of aliphatic hydroxyl groups is 1. The van der Waals surface area contributed by atoms with Crippen LogP contribution in [0, 0.1) is 0 Å². The zero-order valence-electron chi connectivity index (χ0n) is 8.62. The highest BCUT2D eigenvalue weighted by Gasteiger charge is 2.37. The Morgan fingerprint density at radius 2 is 1.82 bits per heavy atom. The molecule has 1 unspecified atom stereocenters. The maximum atomic E-state index is 11.6. The van der Waals surface area contributed by atoms with Crippen LogP contribution in [0.15, 0.2) is 29.2 Å². The maximum absolute atomic E-state index is 11.6. The van der Waals surface area contributed by atoms with Gasteiger partial charge in [0.05, 0.1) is 4.90 Å². The van der Waals surface area contributed by atoms with E-state index in [1.165, 1.54) is 12.1 Å². The molecule has 1 atom stereocenters. The summed E-state index contributed by atoms with van der Waals surface area (Å²) in [6, 6.07) is 4.87. The molecular weight excluding hydrogens is 272 g/mol. The summed E-state index contributed by atoms with van der Waals surface area (Å²) < 4.78 is 27.3. The largest absolute Gasteiger partial charge is 0.477 e. The molecule has 6 nitrogen and oxygen atoms in total. The molecule has 0 aromatic heterocycles. The molecule has 0 saturated heterocycles. The van der Waals surface area contributed by atoms with E-state index in [4.69, 9.17) is 16.7 Å². The molecule has 8 heteroatoms. The Hall–Kier alpha value is -1.15. The molecule has 2 N–H and O–H groups in total. The molecule has 17 heavy (non-hydrogen) atoms. The average Bonchev–Trinajstić information content (AvgIpc) is 2.16. The van der Waals surface area contributed by atoms with Gasteiger partial charge in [-0.25, -0.2) is 8.98 Å². The second-order valence-corrected chi connectivity index (χ2v) is 5.26. The summed E-state index contributed by atoms with van der Waals surface area (Å²) in [4.78, 5) is 10.2. The Morgan fingerprint density at radius 3 is 2.24 bits per heavy atom. The van der Waals surface area contributed by atoms with Crippen molar-refractivity contribution in [1.82, 2.24) is 0 Å². The first-order valence-electron chi connectivity index (χ1n) is 4.32. The first kappa shape index (κ1) is 13.9. The van der Waals surface area contributed by atoms with Gasteiger partial charge in [0.2, 0.25) is 0 Å². The summed E-state index contributed by atoms with van der Waals surface area (Å²) in [7, 11) is -4.37. The average molecular weight is 281 g/mol. The molecule has 0 radical (unpaired) electrons. The summed E-state index contributed by atoms with van der Waals surface area (Å²) in [5.74, 6) is -4.63. The van der Waals surface area contributed by atoms with Gasteiger partial charge in [-0.2, -0.15) is 8.42 Å². The molecule has 0 bridgehead atoms. The normalized spacial score (nSPS) is 15.2. The third kappa shape index (κ3) is 3.40. The van der Waals surface area contributed by atoms with Crippen LogP contribution in [0.25, 0.3) is 0 Å². The number of halogens is 1. The van der Waals surface area contributed by atoms with Gasteiger partial charge in [0.1, 0.15) is 0 Å². The van der Waals surface area contributed by atoms with Gasteiger partial charge in [-0.1, -0.05) is 11.6 Å². The Balaban J connectivity index is 3.05. The third-order valence-electron chi connectivity index (χ3n) is 1.77. The second-order valence-electron chi connectivity index (χ2n) is 3.28. The molecule has 94 valence electrons. The van der Waals surface area contributed by atoms with Crippen molar-refractivity contribution in [3.8, 4) is 0 Å². The molecule has 0 amide bonds. The molecule has 0 heterocycles. The Labute approximate surface area is 103 Å². The van der Waals surface area contributed by atoms with Crippen LogP contribution in [-0.2, 0) is 19.1 Å². The number of rotatable bonds is 4.